The van der Waals surface area contributed by atoms with Crippen molar-refractivity contribution >= 4 is 22.9 Å². The highest BCUT2D eigenvalue weighted by molar-refractivity contribution is 7.13. The second-order valence-corrected chi connectivity index (χ2v) is 9.60. The lowest BCUT2D eigenvalue weighted by atomic mass is 10.0. The van der Waals surface area contributed by atoms with E-state index in [1.54, 1.807) is 11.7 Å². The number of carbonyl (C=O) groups is 1. The van der Waals surface area contributed by atoms with Crippen LogP contribution in [0.1, 0.15) is 59.5 Å². The number of hydrogen-bond donors (Lipinski definition) is 2. The lowest BCUT2D eigenvalue weighted by Gasteiger charge is -2.17. The Labute approximate surface area is 198 Å². The summed E-state index contributed by atoms with van der Waals surface area (Å²) in [4.78, 5) is 17.1. The van der Waals surface area contributed by atoms with Crippen molar-refractivity contribution < 1.29 is 22.7 Å². The summed E-state index contributed by atoms with van der Waals surface area (Å²) in [5, 5.41) is 8.50. The van der Waals surface area contributed by atoms with Gasteiger partial charge in [0.15, 0.2) is 0 Å². The number of rotatable bonds is 5. The third kappa shape index (κ3) is 4.35. The number of thiazole rings is 1. The van der Waals surface area contributed by atoms with Gasteiger partial charge in [-0.1, -0.05) is 6.07 Å². The number of ether oxygens (including phenoxy) is 1. The van der Waals surface area contributed by atoms with Crippen LogP contribution >= 0.6 is 11.3 Å². The van der Waals surface area contributed by atoms with Gasteiger partial charge in [-0.25, -0.2) is 18.2 Å². The molecule has 180 valence electrons. The van der Waals surface area contributed by atoms with E-state index < -0.39 is 35.9 Å². The molecule has 7 nitrogen and oxygen atoms in total. The number of aromatic nitrogens is 3. The molecule has 1 aliphatic carbocycles. The zero-order valence-corrected chi connectivity index (χ0v) is 19.2. The van der Waals surface area contributed by atoms with E-state index in [-0.39, 0.29) is 28.8 Å². The molecule has 3 atom stereocenters. The number of halogens is 3. The van der Waals surface area contributed by atoms with Crippen LogP contribution < -0.4 is 11.1 Å². The maximum atomic E-state index is 15.0. The van der Waals surface area contributed by atoms with Gasteiger partial charge >= 0.3 is 0 Å². The van der Waals surface area contributed by atoms with Gasteiger partial charge in [-0.15, -0.1) is 11.3 Å². The van der Waals surface area contributed by atoms with Gasteiger partial charge in [-0.2, -0.15) is 5.10 Å². The Morgan fingerprint density at radius 3 is 2.82 bits per heavy atom. The summed E-state index contributed by atoms with van der Waals surface area (Å²) >= 11 is 0.998. The topological polar surface area (TPSA) is 95.1 Å². The molecule has 0 radical (unpaired) electrons. The van der Waals surface area contributed by atoms with Crippen LogP contribution in [-0.4, -0.2) is 39.5 Å². The van der Waals surface area contributed by atoms with Crippen LogP contribution in [0.2, 0.25) is 0 Å². The predicted molar refractivity (Wildman–Crippen MR) is 121 cm³/mol. The highest BCUT2D eigenvalue weighted by Crippen LogP contribution is 2.44. The Morgan fingerprint density at radius 1 is 1.26 bits per heavy atom. The van der Waals surface area contributed by atoms with Crippen LogP contribution in [-0.2, 0) is 11.8 Å². The number of nitrogens with two attached hydrogens (primary N) is 1. The average molecular weight is 492 g/mol. The predicted octanol–water partition coefficient (Wildman–Crippen LogP) is 4.47. The molecule has 2 fully saturated rings. The summed E-state index contributed by atoms with van der Waals surface area (Å²) in [6.07, 6.45) is 2.38. The lowest BCUT2D eigenvalue weighted by molar-refractivity contribution is 0.0247. The van der Waals surface area contributed by atoms with Crippen molar-refractivity contribution in [1.29, 1.82) is 0 Å². The minimum atomic E-state index is -1.26. The van der Waals surface area contributed by atoms with Gasteiger partial charge in [0.25, 0.3) is 5.91 Å². The molecule has 3 heterocycles. The minimum Gasteiger partial charge on any atom is -0.369 e. The Morgan fingerprint density at radius 2 is 2.06 bits per heavy atom. The first-order chi connectivity index (χ1) is 16.3. The van der Waals surface area contributed by atoms with E-state index in [0.717, 1.165) is 24.2 Å². The molecule has 5 rings (SSSR count). The lowest BCUT2D eigenvalue weighted by Crippen LogP contribution is -2.32. The Bertz CT molecular complexity index is 1210. The van der Waals surface area contributed by atoms with Gasteiger partial charge in [0.2, 0.25) is 0 Å². The first-order valence-electron chi connectivity index (χ1n) is 11.1. The number of anilines is 1. The van der Waals surface area contributed by atoms with Gasteiger partial charge in [-0.3, -0.25) is 9.48 Å². The van der Waals surface area contributed by atoms with Crippen molar-refractivity contribution in [3.8, 4) is 10.6 Å². The first-order valence-corrected chi connectivity index (χ1v) is 12.0. The van der Waals surface area contributed by atoms with Crippen molar-refractivity contribution in [2.24, 2.45) is 12.8 Å². The SMILES string of the molecule is Cn1ncc(NC(=O)c2csc(-c3c(F)ccc(C4CC4)c3F)n2)c1[C@@H]1CC[C@@H](N)[C@H](F)CO1. The van der Waals surface area contributed by atoms with Gasteiger partial charge < -0.3 is 15.8 Å². The summed E-state index contributed by atoms with van der Waals surface area (Å²) in [6.45, 7) is -0.142. The molecular weight excluding hydrogens is 467 g/mol. The largest absolute Gasteiger partial charge is 0.369 e. The average Bonchev–Trinajstić information content (AvgIpc) is 3.46. The maximum Gasteiger partial charge on any atom is 0.275 e. The molecule has 1 aliphatic heterocycles. The second kappa shape index (κ2) is 9.12. The van der Waals surface area contributed by atoms with Gasteiger partial charge in [0.05, 0.1) is 29.7 Å². The fourth-order valence-corrected chi connectivity index (χ4v) is 5.07. The van der Waals surface area contributed by atoms with Crippen molar-refractivity contribution in [1.82, 2.24) is 14.8 Å². The van der Waals surface area contributed by atoms with E-state index in [2.05, 4.69) is 15.4 Å². The summed E-state index contributed by atoms with van der Waals surface area (Å²) in [5.74, 6) is -1.77. The van der Waals surface area contributed by atoms with E-state index >= 15 is 0 Å². The zero-order chi connectivity index (χ0) is 24.0. The molecule has 1 saturated heterocycles. The molecular formula is C23H24F3N5O2S. The van der Waals surface area contributed by atoms with Crippen LogP contribution in [0.25, 0.3) is 10.6 Å². The number of carbonyl (C=O) groups excluding carboxylic acids is 1. The van der Waals surface area contributed by atoms with Gasteiger partial charge in [0, 0.05) is 18.5 Å². The van der Waals surface area contributed by atoms with Crippen molar-refractivity contribution in [3.63, 3.8) is 0 Å². The van der Waals surface area contributed by atoms with Gasteiger partial charge in [-0.05, 0) is 43.2 Å². The highest BCUT2D eigenvalue weighted by atomic mass is 32.1. The van der Waals surface area contributed by atoms with Crippen LogP contribution in [0, 0.1) is 11.6 Å². The molecule has 0 unspecified atom stereocenters. The molecule has 3 aromatic rings. The molecule has 1 aromatic carbocycles. The number of benzene rings is 1. The molecule has 1 amide bonds. The van der Waals surface area contributed by atoms with E-state index in [0.29, 0.717) is 29.8 Å². The Balaban J connectivity index is 1.37. The van der Waals surface area contributed by atoms with Crippen LogP contribution in [0.4, 0.5) is 18.9 Å². The zero-order valence-electron chi connectivity index (χ0n) is 18.4. The van der Waals surface area contributed by atoms with E-state index in [4.69, 9.17) is 10.5 Å². The highest BCUT2D eigenvalue weighted by Gasteiger charge is 2.31. The van der Waals surface area contributed by atoms with E-state index in [1.165, 1.54) is 23.7 Å². The Hall–Kier alpha value is -2.76. The van der Waals surface area contributed by atoms with Crippen LogP contribution in [0.5, 0.6) is 0 Å². The quantitative estimate of drug-likeness (QED) is 0.549. The molecule has 0 bridgehead atoms. The summed E-state index contributed by atoms with van der Waals surface area (Å²) < 4.78 is 50.7. The number of aryl methyl sites for hydroxylation is 1. The molecule has 11 heteroatoms. The smallest absolute Gasteiger partial charge is 0.275 e. The standard InChI is InChI=1S/C23H24F3N5O2S/c1-31-21(18-7-6-15(27)14(25)9-33-18)16(8-28-31)29-22(32)17-10-34-23(30-17)19-13(24)5-4-12(20(19)26)11-2-3-11/h4-5,8,10-11,14-15,18H,2-3,6-7,9,27H2,1H3,(H,29,32)/t14-,15-,18+/m1/s1. The van der Waals surface area contributed by atoms with Crippen LogP contribution in [0.3, 0.4) is 0 Å². The molecule has 2 aliphatic rings. The molecule has 0 spiro atoms. The summed E-state index contributed by atoms with van der Waals surface area (Å²) in [7, 11) is 1.70. The molecule has 34 heavy (non-hydrogen) atoms. The number of hydrogen-bond acceptors (Lipinski definition) is 6. The third-order valence-corrected chi connectivity index (χ3v) is 7.17. The van der Waals surface area contributed by atoms with Crippen molar-refractivity contribution in [3.05, 3.63) is 52.3 Å². The van der Waals surface area contributed by atoms with Crippen LogP contribution in [0.15, 0.2) is 23.7 Å². The fraction of sp³-hybridized carbons (Fsp3) is 0.435. The molecule has 2 aromatic heterocycles. The minimum absolute atomic E-state index is 0.0260. The normalized spacial score (nSPS) is 23.0. The third-order valence-electron chi connectivity index (χ3n) is 6.31. The maximum absolute atomic E-state index is 15.0. The molecule has 1 saturated carbocycles. The monoisotopic (exact) mass is 491 g/mol. The number of amides is 1. The second-order valence-electron chi connectivity index (χ2n) is 8.74. The van der Waals surface area contributed by atoms with E-state index in [9.17, 15) is 18.0 Å². The first kappa shape index (κ1) is 23.0. The number of nitrogens with one attached hydrogen (secondary N) is 1. The summed E-state index contributed by atoms with van der Waals surface area (Å²) in [6, 6.07) is 2.12. The number of nitrogens with zero attached hydrogens (tertiary/aromatic N) is 3. The van der Waals surface area contributed by atoms with E-state index in [1.807, 2.05) is 0 Å². The number of alkyl halides is 1. The van der Waals surface area contributed by atoms with Gasteiger partial charge in [0.1, 0.15) is 34.6 Å². The fourth-order valence-electron chi connectivity index (χ4n) is 4.23. The van der Waals surface area contributed by atoms with Crippen molar-refractivity contribution in [2.45, 2.75) is 49.9 Å². The summed E-state index contributed by atoms with van der Waals surface area (Å²) in [5.41, 5.74) is 7.10. The van der Waals surface area contributed by atoms with Crippen molar-refractivity contribution in [2.75, 3.05) is 11.9 Å². The Kier molecular flexibility index (Phi) is 6.17. The molecule has 3 N–H and O–H groups in total.